The van der Waals surface area contributed by atoms with E-state index in [0.717, 1.165) is 11.1 Å². The molecule has 2 N–H and O–H groups in total. The number of aryl methyl sites for hydroxylation is 2. The summed E-state index contributed by atoms with van der Waals surface area (Å²) in [5.41, 5.74) is 2.94. The number of halogens is 1. The van der Waals surface area contributed by atoms with Crippen LogP contribution in [0.5, 0.6) is 5.75 Å². The molecule has 0 heterocycles. The standard InChI is InChI=1S/C22H21ClN2O4S/c1-15-3-12-21(16(2)13-15)29-14-22(26)24-18-8-10-20(11-9-18)30(27,28)25-19-6-4-17(23)5-7-19/h3-13,25H,14H2,1-2H3,(H,24,26). The van der Waals surface area contributed by atoms with Gasteiger partial charge in [0.15, 0.2) is 6.61 Å². The summed E-state index contributed by atoms with van der Waals surface area (Å²) in [7, 11) is -3.76. The van der Waals surface area contributed by atoms with Gasteiger partial charge in [0.1, 0.15) is 5.75 Å². The molecule has 0 saturated heterocycles. The summed E-state index contributed by atoms with van der Waals surface area (Å²) in [6.45, 7) is 3.75. The minimum absolute atomic E-state index is 0.0713. The van der Waals surface area contributed by atoms with Gasteiger partial charge in [0.05, 0.1) is 4.90 Å². The number of benzene rings is 3. The summed E-state index contributed by atoms with van der Waals surface area (Å²) in [6, 6.07) is 17.9. The molecule has 0 aliphatic carbocycles. The van der Waals surface area contributed by atoms with Crippen LogP contribution in [0.3, 0.4) is 0 Å². The van der Waals surface area contributed by atoms with E-state index in [1.165, 1.54) is 24.3 Å². The minimum atomic E-state index is -3.76. The van der Waals surface area contributed by atoms with Crippen molar-refractivity contribution in [2.75, 3.05) is 16.6 Å². The molecular formula is C22H21ClN2O4S. The molecular weight excluding hydrogens is 424 g/mol. The molecule has 0 aliphatic heterocycles. The molecule has 3 rings (SSSR count). The quantitative estimate of drug-likeness (QED) is 0.549. The van der Waals surface area contributed by atoms with Gasteiger partial charge in [-0.3, -0.25) is 9.52 Å². The van der Waals surface area contributed by atoms with Gasteiger partial charge in [0, 0.05) is 16.4 Å². The molecule has 6 nitrogen and oxygen atoms in total. The van der Waals surface area contributed by atoms with E-state index in [2.05, 4.69) is 10.0 Å². The average molecular weight is 445 g/mol. The van der Waals surface area contributed by atoms with Gasteiger partial charge in [-0.05, 0) is 74.0 Å². The number of carbonyl (C=O) groups is 1. The lowest BCUT2D eigenvalue weighted by Crippen LogP contribution is -2.20. The molecule has 0 aromatic heterocycles. The highest BCUT2D eigenvalue weighted by Gasteiger charge is 2.14. The van der Waals surface area contributed by atoms with Crippen LogP contribution in [0, 0.1) is 13.8 Å². The third kappa shape index (κ3) is 5.75. The SMILES string of the molecule is Cc1ccc(OCC(=O)Nc2ccc(S(=O)(=O)Nc3ccc(Cl)cc3)cc2)c(C)c1. The molecule has 1 amide bonds. The highest BCUT2D eigenvalue weighted by molar-refractivity contribution is 7.92. The Kier molecular flexibility index (Phi) is 6.64. The van der Waals surface area contributed by atoms with E-state index >= 15 is 0 Å². The zero-order valence-corrected chi connectivity index (χ0v) is 18.0. The minimum Gasteiger partial charge on any atom is -0.483 e. The first-order chi connectivity index (χ1) is 14.2. The van der Waals surface area contributed by atoms with Crippen molar-refractivity contribution in [2.45, 2.75) is 18.7 Å². The summed E-state index contributed by atoms with van der Waals surface area (Å²) in [6.07, 6.45) is 0. The molecule has 0 radical (unpaired) electrons. The molecule has 156 valence electrons. The average Bonchev–Trinajstić information content (AvgIpc) is 2.69. The van der Waals surface area contributed by atoms with Crippen molar-refractivity contribution >= 4 is 38.9 Å². The maximum absolute atomic E-state index is 12.5. The second-order valence-electron chi connectivity index (χ2n) is 6.74. The molecule has 0 saturated carbocycles. The van der Waals surface area contributed by atoms with Crippen molar-refractivity contribution in [1.82, 2.24) is 0 Å². The third-order valence-electron chi connectivity index (χ3n) is 4.23. The number of rotatable bonds is 7. The first-order valence-electron chi connectivity index (χ1n) is 9.11. The molecule has 0 fully saturated rings. The smallest absolute Gasteiger partial charge is 0.262 e. The molecule has 3 aromatic rings. The fourth-order valence-electron chi connectivity index (χ4n) is 2.75. The van der Waals surface area contributed by atoms with E-state index in [9.17, 15) is 13.2 Å². The van der Waals surface area contributed by atoms with Crippen molar-refractivity contribution in [3.63, 3.8) is 0 Å². The number of ether oxygens (including phenoxy) is 1. The number of hydrogen-bond acceptors (Lipinski definition) is 4. The van der Waals surface area contributed by atoms with Crippen LogP contribution < -0.4 is 14.8 Å². The van der Waals surface area contributed by atoms with Gasteiger partial charge >= 0.3 is 0 Å². The first kappa shape index (κ1) is 21.7. The van der Waals surface area contributed by atoms with E-state index in [1.54, 1.807) is 24.3 Å². The zero-order chi connectivity index (χ0) is 21.7. The van der Waals surface area contributed by atoms with Gasteiger partial charge in [-0.15, -0.1) is 0 Å². The highest BCUT2D eigenvalue weighted by Crippen LogP contribution is 2.21. The monoisotopic (exact) mass is 444 g/mol. The summed E-state index contributed by atoms with van der Waals surface area (Å²) in [5.74, 6) is 0.301. The molecule has 0 atom stereocenters. The maximum Gasteiger partial charge on any atom is 0.262 e. The van der Waals surface area contributed by atoms with Crippen LogP contribution in [-0.2, 0) is 14.8 Å². The number of carbonyl (C=O) groups excluding carboxylic acids is 1. The van der Waals surface area contributed by atoms with Gasteiger partial charge in [0.25, 0.3) is 15.9 Å². The van der Waals surface area contributed by atoms with Gasteiger partial charge in [-0.25, -0.2) is 8.42 Å². The van der Waals surface area contributed by atoms with Crippen molar-refractivity contribution in [3.8, 4) is 5.75 Å². The third-order valence-corrected chi connectivity index (χ3v) is 5.88. The Morgan fingerprint density at radius 2 is 1.57 bits per heavy atom. The van der Waals surface area contributed by atoms with Crippen molar-refractivity contribution in [3.05, 3.63) is 82.9 Å². The molecule has 0 spiro atoms. The number of sulfonamides is 1. The Balaban J connectivity index is 1.59. The van der Waals surface area contributed by atoms with Gasteiger partial charge in [-0.2, -0.15) is 0 Å². The Morgan fingerprint density at radius 1 is 0.933 bits per heavy atom. The molecule has 0 aliphatic rings. The van der Waals surface area contributed by atoms with Crippen LogP contribution in [0.1, 0.15) is 11.1 Å². The van der Waals surface area contributed by atoms with Crippen LogP contribution >= 0.6 is 11.6 Å². The highest BCUT2D eigenvalue weighted by atomic mass is 35.5. The predicted octanol–water partition coefficient (Wildman–Crippen LogP) is 4.78. The molecule has 0 bridgehead atoms. The van der Waals surface area contributed by atoms with E-state index in [1.807, 2.05) is 32.0 Å². The molecule has 30 heavy (non-hydrogen) atoms. The zero-order valence-electron chi connectivity index (χ0n) is 16.5. The maximum atomic E-state index is 12.5. The Hall–Kier alpha value is -3.03. The van der Waals surface area contributed by atoms with E-state index in [-0.39, 0.29) is 17.4 Å². The first-order valence-corrected chi connectivity index (χ1v) is 11.0. The largest absolute Gasteiger partial charge is 0.483 e. The summed E-state index contributed by atoms with van der Waals surface area (Å²) >= 11 is 5.81. The molecule has 3 aromatic carbocycles. The topological polar surface area (TPSA) is 84.5 Å². The number of nitrogens with one attached hydrogen (secondary N) is 2. The number of amides is 1. The van der Waals surface area contributed by atoms with Crippen LogP contribution in [0.25, 0.3) is 0 Å². The summed E-state index contributed by atoms with van der Waals surface area (Å²) < 4.78 is 33.0. The summed E-state index contributed by atoms with van der Waals surface area (Å²) in [4.78, 5) is 12.2. The lowest BCUT2D eigenvalue weighted by Gasteiger charge is -2.11. The van der Waals surface area contributed by atoms with E-state index in [4.69, 9.17) is 16.3 Å². The van der Waals surface area contributed by atoms with E-state index < -0.39 is 10.0 Å². The fourth-order valence-corrected chi connectivity index (χ4v) is 3.94. The number of hydrogen-bond donors (Lipinski definition) is 2. The molecule has 8 heteroatoms. The van der Waals surface area contributed by atoms with E-state index in [0.29, 0.717) is 22.1 Å². The van der Waals surface area contributed by atoms with Crippen LogP contribution in [0.4, 0.5) is 11.4 Å². The lowest BCUT2D eigenvalue weighted by atomic mass is 10.1. The van der Waals surface area contributed by atoms with Gasteiger partial charge in [0.2, 0.25) is 0 Å². The Bertz CT molecular complexity index is 1140. The second-order valence-corrected chi connectivity index (χ2v) is 8.86. The van der Waals surface area contributed by atoms with Crippen LogP contribution in [0.15, 0.2) is 71.6 Å². The van der Waals surface area contributed by atoms with Crippen LogP contribution in [0.2, 0.25) is 5.02 Å². The van der Waals surface area contributed by atoms with Crippen molar-refractivity contribution < 1.29 is 17.9 Å². The normalized spacial score (nSPS) is 11.0. The Morgan fingerprint density at radius 3 is 2.20 bits per heavy atom. The van der Waals surface area contributed by atoms with Crippen molar-refractivity contribution in [1.29, 1.82) is 0 Å². The van der Waals surface area contributed by atoms with Crippen molar-refractivity contribution in [2.24, 2.45) is 0 Å². The van der Waals surface area contributed by atoms with Crippen LogP contribution in [-0.4, -0.2) is 20.9 Å². The fraction of sp³-hybridized carbons (Fsp3) is 0.136. The van der Waals surface area contributed by atoms with Gasteiger partial charge < -0.3 is 10.1 Å². The molecule has 0 unspecified atom stereocenters. The Labute approximate surface area is 180 Å². The summed E-state index contributed by atoms with van der Waals surface area (Å²) in [5, 5.41) is 3.20. The number of anilines is 2. The predicted molar refractivity (Wildman–Crippen MR) is 119 cm³/mol. The van der Waals surface area contributed by atoms with Gasteiger partial charge in [-0.1, -0.05) is 29.3 Å². The lowest BCUT2D eigenvalue weighted by molar-refractivity contribution is -0.118. The second kappa shape index (κ2) is 9.19.